The Morgan fingerprint density at radius 1 is 0.897 bits per heavy atom. The van der Waals surface area contributed by atoms with Crippen LogP contribution in [0.1, 0.15) is 5.56 Å². The average Bonchev–Trinajstić information content (AvgIpc) is 2.74. The number of hydrogen-bond acceptors (Lipinski definition) is 6. The van der Waals surface area contributed by atoms with Crippen LogP contribution in [0.5, 0.6) is 17.2 Å². The van der Waals surface area contributed by atoms with Crippen LogP contribution in [-0.4, -0.2) is 27.7 Å². The molecule has 0 radical (unpaired) electrons. The predicted octanol–water partition coefficient (Wildman–Crippen LogP) is 3.82. The molecule has 3 rings (SSSR count). The van der Waals surface area contributed by atoms with Crippen molar-refractivity contribution in [1.82, 2.24) is 0 Å². The highest BCUT2D eigenvalue weighted by Gasteiger charge is 2.15. The lowest BCUT2D eigenvalue weighted by Gasteiger charge is -2.15. The Morgan fingerprint density at radius 3 is 2.31 bits per heavy atom. The summed E-state index contributed by atoms with van der Waals surface area (Å²) in [6.45, 7) is 0.328. The third-order valence-corrected chi connectivity index (χ3v) is 5.68. The van der Waals surface area contributed by atoms with E-state index in [0.29, 0.717) is 35.0 Å². The molecule has 0 aliphatic carbocycles. The summed E-state index contributed by atoms with van der Waals surface area (Å²) >= 11 is 0. The van der Waals surface area contributed by atoms with Gasteiger partial charge in [0.25, 0.3) is 10.0 Å². The summed E-state index contributed by atoms with van der Waals surface area (Å²) in [4.78, 5) is 0.176. The topological polar surface area (TPSA) is 96.9 Å². The first-order valence-electron chi connectivity index (χ1n) is 8.79. The molecule has 0 saturated heterocycles. The number of aromatic hydroxyl groups is 1. The Labute approximate surface area is 170 Å². The van der Waals surface area contributed by atoms with Gasteiger partial charge in [-0.25, -0.2) is 8.42 Å². The van der Waals surface area contributed by atoms with Crippen molar-refractivity contribution in [3.8, 4) is 17.2 Å². The van der Waals surface area contributed by atoms with E-state index in [1.54, 1.807) is 54.6 Å². The summed E-state index contributed by atoms with van der Waals surface area (Å²) in [5.74, 6) is 0.913. The summed E-state index contributed by atoms with van der Waals surface area (Å²) in [6.07, 6.45) is 0. The Kier molecular flexibility index (Phi) is 6.13. The zero-order valence-electron chi connectivity index (χ0n) is 16.0. The van der Waals surface area contributed by atoms with Gasteiger partial charge in [-0.15, -0.1) is 0 Å². The fraction of sp³-hybridized carbons (Fsp3) is 0.143. The molecule has 3 N–H and O–H groups in total. The molecular formula is C21H22N2O5S. The quantitative estimate of drug-likeness (QED) is 0.518. The zero-order chi connectivity index (χ0) is 20.9. The number of rotatable bonds is 8. The normalized spacial score (nSPS) is 11.0. The van der Waals surface area contributed by atoms with Gasteiger partial charge in [0, 0.05) is 18.2 Å². The maximum absolute atomic E-state index is 12.5. The number of sulfonamides is 1. The maximum atomic E-state index is 12.5. The molecule has 0 aromatic heterocycles. The average molecular weight is 414 g/mol. The second kappa shape index (κ2) is 8.74. The highest BCUT2D eigenvalue weighted by atomic mass is 32.2. The number of phenolic OH excluding ortho intramolecular Hbond substituents is 1. The van der Waals surface area contributed by atoms with Crippen molar-refractivity contribution in [2.45, 2.75) is 11.4 Å². The lowest BCUT2D eigenvalue weighted by molar-refractivity contribution is 0.371. The monoisotopic (exact) mass is 414 g/mol. The highest BCUT2D eigenvalue weighted by Crippen LogP contribution is 2.32. The molecule has 0 amide bonds. The smallest absolute Gasteiger partial charge is 0.261 e. The molecule has 7 nitrogen and oxygen atoms in total. The largest absolute Gasteiger partial charge is 0.504 e. The molecule has 0 unspecified atom stereocenters. The van der Waals surface area contributed by atoms with E-state index in [4.69, 9.17) is 9.47 Å². The molecule has 29 heavy (non-hydrogen) atoms. The molecule has 0 saturated carbocycles. The van der Waals surface area contributed by atoms with Crippen LogP contribution in [0.25, 0.3) is 0 Å². The van der Waals surface area contributed by atoms with Gasteiger partial charge >= 0.3 is 0 Å². The van der Waals surface area contributed by atoms with Crippen molar-refractivity contribution >= 4 is 21.4 Å². The lowest BCUT2D eigenvalue weighted by atomic mass is 10.1. The maximum Gasteiger partial charge on any atom is 0.261 e. The van der Waals surface area contributed by atoms with Gasteiger partial charge in [0.05, 0.1) is 30.5 Å². The minimum atomic E-state index is -3.69. The molecule has 3 aromatic carbocycles. The van der Waals surface area contributed by atoms with E-state index in [9.17, 15) is 13.5 Å². The van der Waals surface area contributed by atoms with Crippen molar-refractivity contribution in [3.05, 3.63) is 72.3 Å². The number of ether oxygens (including phenoxy) is 2. The molecule has 3 aromatic rings. The number of para-hydroxylation sites is 1. The molecule has 8 heteroatoms. The van der Waals surface area contributed by atoms with Crippen LogP contribution in [-0.2, 0) is 16.6 Å². The van der Waals surface area contributed by atoms with Crippen LogP contribution < -0.4 is 19.5 Å². The molecule has 0 heterocycles. The van der Waals surface area contributed by atoms with E-state index in [0.717, 1.165) is 0 Å². The minimum Gasteiger partial charge on any atom is -0.504 e. The fourth-order valence-corrected chi connectivity index (χ4v) is 3.85. The Bertz CT molecular complexity index is 1090. The van der Waals surface area contributed by atoms with Gasteiger partial charge in [-0.1, -0.05) is 30.3 Å². The van der Waals surface area contributed by atoms with Crippen LogP contribution in [0.15, 0.2) is 71.6 Å². The van der Waals surface area contributed by atoms with Gasteiger partial charge in [-0.3, -0.25) is 4.72 Å². The van der Waals surface area contributed by atoms with Gasteiger partial charge in [-0.2, -0.15) is 0 Å². The number of benzene rings is 3. The summed E-state index contributed by atoms with van der Waals surface area (Å²) in [5.41, 5.74) is 1.68. The summed E-state index contributed by atoms with van der Waals surface area (Å²) in [7, 11) is -0.703. The number of anilines is 2. The standard InChI is InChI=1S/C21H22N2O5S/c1-27-19-10-6-7-15(21(19)24)14-22-18-12-11-16(13-20(18)28-2)23-29(25,26)17-8-4-3-5-9-17/h3-13,22-24H,14H2,1-2H3. The first-order chi connectivity index (χ1) is 13.9. The second-order valence-electron chi connectivity index (χ2n) is 6.16. The zero-order valence-corrected chi connectivity index (χ0v) is 16.9. The predicted molar refractivity (Wildman–Crippen MR) is 112 cm³/mol. The number of methoxy groups -OCH3 is 2. The Hall–Kier alpha value is -3.39. The SMILES string of the molecule is COc1cc(NS(=O)(=O)c2ccccc2)ccc1NCc1cccc(OC)c1O. The molecular weight excluding hydrogens is 392 g/mol. The van der Waals surface area contributed by atoms with Gasteiger partial charge in [0.2, 0.25) is 0 Å². The number of nitrogens with one attached hydrogen (secondary N) is 2. The Morgan fingerprint density at radius 2 is 1.62 bits per heavy atom. The second-order valence-corrected chi connectivity index (χ2v) is 7.84. The lowest BCUT2D eigenvalue weighted by Crippen LogP contribution is -2.13. The Balaban J connectivity index is 1.77. The van der Waals surface area contributed by atoms with Crippen LogP contribution in [0.4, 0.5) is 11.4 Å². The van der Waals surface area contributed by atoms with E-state index in [2.05, 4.69) is 10.0 Å². The minimum absolute atomic E-state index is 0.0636. The van der Waals surface area contributed by atoms with Crippen molar-refractivity contribution in [2.24, 2.45) is 0 Å². The molecule has 0 aliphatic rings. The van der Waals surface area contributed by atoms with E-state index in [-0.39, 0.29) is 10.6 Å². The molecule has 0 spiro atoms. The van der Waals surface area contributed by atoms with Crippen molar-refractivity contribution in [2.75, 3.05) is 24.3 Å². The van der Waals surface area contributed by atoms with Crippen LogP contribution in [0.3, 0.4) is 0 Å². The van der Waals surface area contributed by atoms with Crippen LogP contribution >= 0.6 is 0 Å². The molecule has 0 fully saturated rings. The van der Waals surface area contributed by atoms with Crippen LogP contribution in [0.2, 0.25) is 0 Å². The summed E-state index contributed by atoms with van der Waals surface area (Å²) in [6, 6.07) is 18.3. The molecule has 152 valence electrons. The van der Waals surface area contributed by atoms with Crippen molar-refractivity contribution in [3.63, 3.8) is 0 Å². The first-order valence-corrected chi connectivity index (χ1v) is 10.3. The van der Waals surface area contributed by atoms with Crippen molar-refractivity contribution in [1.29, 1.82) is 0 Å². The van der Waals surface area contributed by atoms with E-state index in [1.165, 1.54) is 26.4 Å². The molecule has 0 bridgehead atoms. The third kappa shape index (κ3) is 4.72. The van der Waals surface area contributed by atoms with E-state index < -0.39 is 10.0 Å². The summed E-state index contributed by atoms with van der Waals surface area (Å²) in [5, 5.41) is 13.4. The highest BCUT2D eigenvalue weighted by molar-refractivity contribution is 7.92. The number of hydrogen-bond donors (Lipinski definition) is 3. The van der Waals surface area contributed by atoms with Crippen LogP contribution in [0, 0.1) is 0 Å². The molecule has 0 atom stereocenters. The fourth-order valence-electron chi connectivity index (χ4n) is 2.78. The van der Waals surface area contributed by atoms with Gasteiger partial charge in [0.1, 0.15) is 5.75 Å². The number of phenols is 1. The third-order valence-electron chi connectivity index (χ3n) is 4.28. The first kappa shape index (κ1) is 20.3. The van der Waals surface area contributed by atoms with E-state index >= 15 is 0 Å². The van der Waals surface area contributed by atoms with Gasteiger partial charge < -0.3 is 19.9 Å². The summed E-state index contributed by atoms with van der Waals surface area (Å²) < 4.78 is 38.0. The van der Waals surface area contributed by atoms with Gasteiger partial charge in [-0.05, 0) is 30.3 Å². The molecule has 0 aliphatic heterocycles. The van der Waals surface area contributed by atoms with E-state index in [1.807, 2.05) is 0 Å². The van der Waals surface area contributed by atoms with Gasteiger partial charge in [0.15, 0.2) is 11.5 Å². The van der Waals surface area contributed by atoms with Crippen molar-refractivity contribution < 1.29 is 23.0 Å².